The zero-order chi connectivity index (χ0) is 22.4. The van der Waals surface area contributed by atoms with E-state index in [2.05, 4.69) is 20.8 Å². The third-order valence-corrected chi connectivity index (χ3v) is 6.16. The second-order valence-electron chi connectivity index (χ2n) is 6.38. The minimum atomic E-state index is -4.38. The Morgan fingerprint density at radius 3 is 2.52 bits per heavy atom. The van der Waals surface area contributed by atoms with Crippen molar-refractivity contribution in [1.82, 2.24) is 10.2 Å². The van der Waals surface area contributed by atoms with Gasteiger partial charge >= 0.3 is 6.18 Å². The number of amides is 1. The van der Waals surface area contributed by atoms with E-state index < -0.39 is 18.0 Å². The van der Waals surface area contributed by atoms with Crippen molar-refractivity contribution < 1.29 is 22.8 Å². The summed E-state index contributed by atoms with van der Waals surface area (Å²) in [6.45, 7) is 0.213. The quantitative estimate of drug-likeness (QED) is 0.351. The summed E-state index contributed by atoms with van der Waals surface area (Å²) in [6, 6.07) is 15.5. The smallest absolute Gasteiger partial charge is 0.351 e. The van der Waals surface area contributed by atoms with Crippen molar-refractivity contribution in [2.24, 2.45) is 0 Å². The van der Waals surface area contributed by atoms with Gasteiger partial charge in [-0.25, -0.2) is 0 Å². The molecule has 31 heavy (non-hydrogen) atoms. The first-order chi connectivity index (χ1) is 14.7. The zero-order valence-electron chi connectivity index (χ0n) is 16.1. The molecule has 2 aromatic carbocycles. The lowest BCUT2D eigenvalue weighted by Gasteiger charge is -2.16. The summed E-state index contributed by atoms with van der Waals surface area (Å²) in [7, 11) is 0. The number of nitrogens with zero attached hydrogens (tertiary/aromatic N) is 2. The molecule has 1 amide bonds. The average Bonchev–Trinajstić information content (AvgIpc) is 3.18. The standard InChI is InChI=1S/C20H17F3N4O2S2/c1-12(28)14-8-5-9-15(10-14)25-17(29)16(13-6-3-2-4-7-13)30-19-27-26-18(31-19)24-11-20(21,22)23/h2-10,16H,11H2,1H3,(H,24,26)(H,25,29). The highest BCUT2D eigenvalue weighted by Crippen LogP contribution is 2.38. The maximum absolute atomic E-state index is 13.0. The van der Waals surface area contributed by atoms with Gasteiger partial charge in [0.1, 0.15) is 11.8 Å². The number of anilines is 2. The molecule has 1 aromatic heterocycles. The molecule has 1 heterocycles. The second-order valence-corrected chi connectivity index (χ2v) is 8.71. The van der Waals surface area contributed by atoms with E-state index in [0.717, 1.165) is 23.1 Å². The minimum absolute atomic E-state index is 0.0150. The summed E-state index contributed by atoms with van der Waals surface area (Å²) in [5.74, 6) is -0.491. The van der Waals surface area contributed by atoms with E-state index in [1.165, 1.54) is 6.92 Å². The topological polar surface area (TPSA) is 84.0 Å². The van der Waals surface area contributed by atoms with E-state index >= 15 is 0 Å². The average molecular weight is 467 g/mol. The van der Waals surface area contributed by atoms with E-state index in [4.69, 9.17) is 0 Å². The number of hydrogen-bond donors (Lipinski definition) is 2. The van der Waals surface area contributed by atoms with Crippen molar-refractivity contribution in [3.05, 3.63) is 65.7 Å². The molecule has 2 N–H and O–H groups in total. The van der Waals surface area contributed by atoms with E-state index in [9.17, 15) is 22.8 Å². The van der Waals surface area contributed by atoms with Crippen LogP contribution in [0.3, 0.4) is 0 Å². The number of nitrogens with one attached hydrogen (secondary N) is 2. The van der Waals surface area contributed by atoms with Gasteiger partial charge in [-0.05, 0) is 24.6 Å². The molecule has 1 atom stereocenters. The lowest BCUT2D eigenvalue weighted by atomic mass is 10.1. The molecule has 0 spiro atoms. The van der Waals surface area contributed by atoms with Crippen molar-refractivity contribution in [3.8, 4) is 0 Å². The summed E-state index contributed by atoms with van der Waals surface area (Å²) < 4.78 is 37.5. The molecule has 0 aliphatic heterocycles. The van der Waals surface area contributed by atoms with E-state index in [1.54, 1.807) is 48.5 Å². The van der Waals surface area contributed by atoms with Crippen molar-refractivity contribution in [3.63, 3.8) is 0 Å². The Morgan fingerprint density at radius 1 is 1.10 bits per heavy atom. The van der Waals surface area contributed by atoms with Gasteiger partial charge in [0.15, 0.2) is 10.1 Å². The highest BCUT2D eigenvalue weighted by Gasteiger charge is 2.28. The molecule has 1 unspecified atom stereocenters. The van der Waals surface area contributed by atoms with Crippen LogP contribution in [-0.4, -0.2) is 34.6 Å². The number of ketones is 1. The molecule has 0 aliphatic carbocycles. The maximum atomic E-state index is 13.0. The molecule has 0 saturated carbocycles. The van der Waals surface area contributed by atoms with Gasteiger partial charge in [0.25, 0.3) is 0 Å². The van der Waals surface area contributed by atoms with E-state index in [0.29, 0.717) is 21.2 Å². The Kier molecular flexibility index (Phi) is 7.29. The predicted octanol–water partition coefficient (Wildman–Crippen LogP) is 5.19. The van der Waals surface area contributed by atoms with Crippen LogP contribution in [0.15, 0.2) is 58.9 Å². The van der Waals surface area contributed by atoms with Crippen LogP contribution < -0.4 is 10.6 Å². The van der Waals surface area contributed by atoms with E-state index in [-0.39, 0.29) is 16.8 Å². The third kappa shape index (κ3) is 6.79. The Bertz CT molecular complexity index is 1060. The minimum Gasteiger partial charge on any atom is -0.351 e. The van der Waals surface area contributed by atoms with Crippen molar-refractivity contribution in [2.75, 3.05) is 17.2 Å². The first-order valence-electron chi connectivity index (χ1n) is 8.99. The first kappa shape index (κ1) is 22.8. The van der Waals surface area contributed by atoms with Gasteiger partial charge in [-0.2, -0.15) is 13.2 Å². The molecule has 3 rings (SSSR count). The molecular formula is C20H17F3N4O2S2. The Morgan fingerprint density at radius 2 is 1.84 bits per heavy atom. The zero-order valence-corrected chi connectivity index (χ0v) is 17.8. The molecule has 0 bridgehead atoms. The van der Waals surface area contributed by atoms with Crippen LogP contribution in [0.4, 0.5) is 24.0 Å². The highest BCUT2D eigenvalue weighted by molar-refractivity contribution is 8.02. The molecule has 6 nitrogen and oxygen atoms in total. The van der Waals surface area contributed by atoms with Gasteiger partial charge in [0, 0.05) is 11.3 Å². The largest absolute Gasteiger partial charge is 0.405 e. The molecule has 162 valence electrons. The fourth-order valence-corrected chi connectivity index (χ4v) is 4.47. The van der Waals surface area contributed by atoms with Gasteiger partial charge in [0.2, 0.25) is 11.0 Å². The molecule has 0 aliphatic rings. The van der Waals surface area contributed by atoms with Gasteiger partial charge in [0.05, 0.1) is 0 Å². The number of alkyl halides is 3. The number of hydrogen-bond acceptors (Lipinski definition) is 7. The first-order valence-corrected chi connectivity index (χ1v) is 10.7. The number of rotatable bonds is 8. The van der Waals surface area contributed by atoms with Crippen LogP contribution in [0.1, 0.15) is 28.1 Å². The lowest BCUT2D eigenvalue weighted by Crippen LogP contribution is -2.21. The van der Waals surface area contributed by atoms with E-state index in [1.807, 2.05) is 6.07 Å². The predicted molar refractivity (Wildman–Crippen MR) is 115 cm³/mol. The molecule has 0 radical (unpaired) electrons. The van der Waals surface area contributed by atoms with Crippen molar-refractivity contribution in [1.29, 1.82) is 0 Å². The van der Waals surface area contributed by atoms with Gasteiger partial charge in [-0.1, -0.05) is 65.6 Å². The van der Waals surface area contributed by atoms with Crippen LogP contribution in [-0.2, 0) is 4.79 Å². The molecule has 0 saturated heterocycles. The fraction of sp³-hybridized carbons (Fsp3) is 0.200. The molecular weight excluding hydrogens is 449 g/mol. The molecule has 3 aromatic rings. The molecule has 11 heteroatoms. The number of aromatic nitrogens is 2. The number of halogens is 3. The van der Waals surface area contributed by atoms with Crippen molar-refractivity contribution >= 4 is 45.6 Å². The third-order valence-electron chi connectivity index (χ3n) is 3.94. The summed E-state index contributed by atoms with van der Waals surface area (Å²) >= 11 is 2.01. The summed E-state index contributed by atoms with van der Waals surface area (Å²) in [5.41, 5.74) is 1.61. The number of benzene rings is 2. The summed E-state index contributed by atoms with van der Waals surface area (Å²) in [4.78, 5) is 24.6. The second kappa shape index (κ2) is 9.92. The Balaban J connectivity index is 1.78. The highest BCUT2D eigenvalue weighted by atomic mass is 32.2. The van der Waals surface area contributed by atoms with Gasteiger partial charge in [-0.15, -0.1) is 10.2 Å². The maximum Gasteiger partial charge on any atom is 0.405 e. The SMILES string of the molecule is CC(=O)c1cccc(NC(=O)C(Sc2nnc(NCC(F)(F)F)s2)c2ccccc2)c1. The fourth-order valence-electron chi connectivity index (χ4n) is 2.53. The van der Waals surface area contributed by atoms with Gasteiger partial charge in [-0.3, -0.25) is 9.59 Å². The summed E-state index contributed by atoms with van der Waals surface area (Å²) in [5, 5.41) is 11.8. The number of Topliss-reactive ketones (excluding diaryl/α,β-unsaturated/α-hetero) is 1. The van der Waals surface area contributed by atoms with Crippen molar-refractivity contribution in [2.45, 2.75) is 22.7 Å². The number of thioether (sulfide) groups is 1. The Hall–Kier alpha value is -2.92. The monoisotopic (exact) mass is 466 g/mol. The van der Waals surface area contributed by atoms with Crippen LogP contribution >= 0.6 is 23.1 Å². The normalized spacial score (nSPS) is 12.3. The summed E-state index contributed by atoms with van der Waals surface area (Å²) in [6.07, 6.45) is -4.38. The molecule has 0 fully saturated rings. The van der Waals surface area contributed by atoms with Crippen LogP contribution in [0.5, 0.6) is 0 Å². The van der Waals surface area contributed by atoms with Crippen LogP contribution in [0.2, 0.25) is 0 Å². The number of carbonyl (C=O) groups is 2. The van der Waals surface area contributed by atoms with Crippen LogP contribution in [0.25, 0.3) is 0 Å². The van der Waals surface area contributed by atoms with Crippen LogP contribution in [0, 0.1) is 0 Å². The van der Waals surface area contributed by atoms with Gasteiger partial charge < -0.3 is 10.6 Å². The number of carbonyl (C=O) groups excluding carboxylic acids is 2. The lowest BCUT2D eigenvalue weighted by molar-refractivity contribution is -0.116. The Labute approximate surface area is 184 Å².